The highest BCUT2D eigenvalue weighted by Crippen LogP contribution is 2.20. The molecule has 5 heteroatoms. The van der Waals surface area contributed by atoms with Crippen molar-refractivity contribution in [1.82, 2.24) is 5.16 Å². The van der Waals surface area contributed by atoms with Gasteiger partial charge in [-0.25, -0.2) is 4.79 Å². The molecule has 0 aliphatic carbocycles. The van der Waals surface area contributed by atoms with Gasteiger partial charge in [0.15, 0.2) is 5.82 Å². The van der Waals surface area contributed by atoms with Crippen molar-refractivity contribution in [3.63, 3.8) is 0 Å². The van der Waals surface area contributed by atoms with Crippen LogP contribution in [-0.4, -0.2) is 11.2 Å². The van der Waals surface area contributed by atoms with E-state index < -0.39 is 0 Å². The summed E-state index contributed by atoms with van der Waals surface area (Å²) in [4.78, 5) is 11.8. The van der Waals surface area contributed by atoms with Crippen molar-refractivity contribution in [2.24, 2.45) is 0 Å². The molecule has 1 heterocycles. The SMILES string of the molecule is Cc1cc(NC(=O)Nc2cc(C)c(C)cc2C)no1. The second-order valence-corrected chi connectivity index (χ2v) is 4.65. The highest BCUT2D eigenvalue weighted by molar-refractivity contribution is 5.99. The van der Waals surface area contributed by atoms with Crippen LogP contribution in [0.4, 0.5) is 16.3 Å². The van der Waals surface area contributed by atoms with E-state index in [4.69, 9.17) is 4.52 Å². The number of amides is 2. The minimum absolute atomic E-state index is 0.334. The van der Waals surface area contributed by atoms with Crippen LogP contribution in [-0.2, 0) is 0 Å². The minimum Gasteiger partial charge on any atom is -0.360 e. The summed E-state index contributed by atoms with van der Waals surface area (Å²) in [5, 5.41) is 9.13. The quantitative estimate of drug-likeness (QED) is 0.866. The van der Waals surface area contributed by atoms with Crippen LogP contribution in [0, 0.1) is 27.7 Å². The molecule has 19 heavy (non-hydrogen) atoms. The van der Waals surface area contributed by atoms with Crippen LogP contribution >= 0.6 is 0 Å². The Morgan fingerprint density at radius 3 is 2.32 bits per heavy atom. The van der Waals surface area contributed by atoms with E-state index in [-0.39, 0.29) is 6.03 Å². The van der Waals surface area contributed by atoms with Crippen LogP contribution in [0.1, 0.15) is 22.5 Å². The second kappa shape index (κ2) is 5.14. The highest BCUT2D eigenvalue weighted by atomic mass is 16.5. The topological polar surface area (TPSA) is 67.2 Å². The number of rotatable bonds is 2. The summed E-state index contributed by atoms with van der Waals surface area (Å²) in [5.74, 6) is 1.05. The normalized spacial score (nSPS) is 10.3. The number of aromatic nitrogens is 1. The third-order valence-electron chi connectivity index (χ3n) is 2.96. The van der Waals surface area contributed by atoms with Crippen molar-refractivity contribution in [2.75, 3.05) is 10.6 Å². The number of nitrogens with one attached hydrogen (secondary N) is 2. The third kappa shape index (κ3) is 3.13. The lowest BCUT2D eigenvalue weighted by Crippen LogP contribution is -2.20. The van der Waals surface area contributed by atoms with Gasteiger partial charge in [-0.2, -0.15) is 0 Å². The molecule has 0 aliphatic heterocycles. The Hall–Kier alpha value is -2.30. The molecule has 100 valence electrons. The summed E-state index contributed by atoms with van der Waals surface area (Å²) in [6.07, 6.45) is 0. The molecule has 2 N–H and O–H groups in total. The molecule has 0 radical (unpaired) electrons. The van der Waals surface area contributed by atoms with Crippen LogP contribution in [0.15, 0.2) is 22.7 Å². The van der Waals surface area contributed by atoms with Crippen molar-refractivity contribution in [3.05, 3.63) is 40.6 Å². The molecule has 1 aromatic carbocycles. The van der Waals surface area contributed by atoms with Crippen LogP contribution in [0.3, 0.4) is 0 Å². The first-order chi connectivity index (χ1) is 8.95. The maximum atomic E-state index is 11.8. The average Bonchev–Trinajstić information content (AvgIpc) is 2.71. The second-order valence-electron chi connectivity index (χ2n) is 4.65. The molecule has 2 aromatic rings. The van der Waals surface area contributed by atoms with Crippen LogP contribution < -0.4 is 10.6 Å². The number of carbonyl (C=O) groups excluding carboxylic acids is 1. The number of anilines is 2. The molecule has 5 nitrogen and oxygen atoms in total. The predicted octanol–water partition coefficient (Wildman–Crippen LogP) is 3.55. The van der Waals surface area contributed by atoms with E-state index in [9.17, 15) is 4.79 Å². The van der Waals surface area contributed by atoms with E-state index in [2.05, 4.69) is 15.8 Å². The number of benzene rings is 1. The van der Waals surface area contributed by atoms with Crippen molar-refractivity contribution < 1.29 is 9.32 Å². The van der Waals surface area contributed by atoms with E-state index in [1.54, 1.807) is 13.0 Å². The van der Waals surface area contributed by atoms with E-state index in [0.717, 1.165) is 16.8 Å². The average molecular weight is 259 g/mol. The molecule has 2 rings (SSSR count). The molecule has 0 bridgehead atoms. The summed E-state index contributed by atoms with van der Waals surface area (Å²) < 4.78 is 4.88. The van der Waals surface area contributed by atoms with E-state index in [1.807, 2.05) is 32.9 Å². The molecule has 0 spiro atoms. The molecule has 0 aliphatic rings. The Morgan fingerprint density at radius 2 is 1.68 bits per heavy atom. The number of nitrogens with zero attached hydrogens (tertiary/aromatic N) is 1. The smallest absolute Gasteiger partial charge is 0.324 e. The lowest BCUT2D eigenvalue weighted by molar-refractivity contribution is 0.262. The maximum Gasteiger partial charge on any atom is 0.324 e. The molecule has 0 atom stereocenters. The first-order valence-corrected chi connectivity index (χ1v) is 6.05. The van der Waals surface area contributed by atoms with Gasteiger partial charge in [-0.05, 0) is 50.5 Å². The maximum absolute atomic E-state index is 11.8. The van der Waals surface area contributed by atoms with Crippen LogP contribution in [0.5, 0.6) is 0 Å². The first kappa shape index (κ1) is 13.1. The zero-order chi connectivity index (χ0) is 14.0. The predicted molar refractivity (Wildman–Crippen MR) is 74.5 cm³/mol. The number of hydrogen-bond acceptors (Lipinski definition) is 3. The molecule has 0 saturated carbocycles. The summed E-state index contributed by atoms with van der Waals surface area (Å²) in [7, 11) is 0. The molecule has 0 saturated heterocycles. The number of aryl methyl sites for hydroxylation is 4. The van der Waals surface area contributed by atoms with Crippen LogP contribution in [0.2, 0.25) is 0 Å². The van der Waals surface area contributed by atoms with Crippen molar-refractivity contribution in [3.8, 4) is 0 Å². The Bertz CT molecular complexity index is 617. The minimum atomic E-state index is -0.334. The Labute approximate surface area is 112 Å². The monoisotopic (exact) mass is 259 g/mol. The van der Waals surface area contributed by atoms with Gasteiger partial charge in [0, 0.05) is 11.8 Å². The van der Waals surface area contributed by atoms with Gasteiger partial charge in [0.1, 0.15) is 5.76 Å². The van der Waals surface area contributed by atoms with Crippen molar-refractivity contribution >= 4 is 17.5 Å². The molecular weight excluding hydrogens is 242 g/mol. The van der Waals surface area contributed by atoms with Crippen molar-refractivity contribution in [2.45, 2.75) is 27.7 Å². The number of carbonyl (C=O) groups is 1. The molecule has 0 unspecified atom stereocenters. The summed E-state index contributed by atoms with van der Waals surface area (Å²) in [6, 6.07) is 5.33. The summed E-state index contributed by atoms with van der Waals surface area (Å²) >= 11 is 0. The van der Waals surface area contributed by atoms with Gasteiger partial charge in [-0.3, -0.25) is 5.32 Å². The Kier molecular flexibility index (Phi) is 3.55. The largest absolute Gasteiger partial charge is 0.360 e. The van der Waals surface area contributed by atoms with E-state index >= 15 is 0 Å². The Balaban J connectivity index is 2.09. The number of hydrogen-bond donors (Lipinski definition) is 2. The lowest BCUT2D eigenvalue weighted by Gasteiger charge is -2.11. The fourth-order valence-electron chi connectivity index (χ4n) is 1.79. The van der Waals surface area contributed by atoms with Gasteiger partial charge >= 0.3 is 6.03 Å². The van der Waals surface area contributed by atoms with Gasteiger partial charge in [0.25, 0.3) is 0 Å². The summed E-state index contributed by atoms with van der Waals surface area (Å²) in [5.41, 5.74) is 4.16. The first-order valence-electron chi connectivity index (χ1n) is 6.05. The Morgan fingerprint density at radius 1 is 1.00 bits per heavy atom. The van der Waals surface area contributed by atoms with E-state index in [1.165, 1.54) is 5.56 Å². The zero-order valence-electron chi connectivity index (χ0n) is 11.5. The van der Waals surface area contributed by atoms with Gasteiger partial charge in [0.2, 0.25) is 0 Å². The van der Waals surface area contributed by atoms with Gasteiger partial charge in [-0.15, -0.1) is 0 Å². The third-order valence-corrected chi connectivity index (χ3v) is 2.96. The fourth-order valence-corrected chi connectivity index (χ4v) is 1.79. The van der Waals surface area contributed by atoms with Crippen molar-refractivity contribution in [1.29, 1.82) is 0 Å². The van der Waals surface area contributed by atoms with Crippen LogP contribution in [0.25, 0.3) is 0 Å². The summed E-state index contributed by atoms with van der Waals surface area (Å²) in [6.45, 7) is 7.79. The highest BCUT2D eigenvalue weighted by Gasteiger charge is 2.08. The van der Waals surface area contributed by atoms with Gasteiger partial charge < -0.3 is 9.84 Å². The standard InChI is InChI=1S/C14H17N3O2/c1-8-5-10(3)12(6-9(8)2)15-14(18)16-13-7-11(4)19-17-13/h5-7H,1-4H3,(H2,15,16,17,18). The van der Waals surface area contributed by atoms with Gasteiger partial charge in [-0.1, -0.05) is 11.2 Å². The fraction of sp³-hybridized carbons (Fsp3) is 0.286. The van der Waals surface area contributed by atoms with E-state index in [0.29, 0.717) is 11.6 Å². The molecular formula is C14H17N3O2. The molecule has 2 amide bonds. The lowest BCUT2D eigenvalue weighted by atomic mass is 10.1. The molecule has 0 fully saturated rings. The van der Waals surface area contributed by atoms with Gasteiger partial charge in [0.05, 0.1) is 0 Å². The number of urea groups is 1. The zero-order valence-corrected chi connectivity index (χ0v) is 11.5. The molecule has 1 aromatic heterocycles.